The highest BCUT2D eigenvalue weighted by Crippen LogP contribution is 2.42. The van der Waals surface area contributed by atoms with Crippen LogP contribution in [-0.4, -0.2) is 19.1 Å². The quantitative estimate of drug-likeness (QED) is 0.654. The molecule has 0 saturated heterocycles. The van der Waals surface area contributed by atoms with Gasteiger partial charge in [-0.3, -0.25) is 0 Å². The van der Waals surface area contributed by atoms with Crippen molar-refractivity contribution in [3.8, 4) is 5.75 Å². The molecule has 0 aromatic heterocycles. The molecule has 126 valence electrons. The van der Waals surface area contributed by atoms with Gasteiger partial charge in [0.15, 0.2) is 5.96 Å². The van der Waals surface area contributed by atoms with Crippen molar-refractivity contribution in [2.75, 3.05) is 7.11 Å². The molecule has 2 aromatic carbocycles. The summed E-state index contributed by atoms with van der Waals surface area (Å²) in [5.41, 5.74) is 6.91. The molecule has 1 fully saturated rings. The molecule has 24 heavy (non-hydrogen) atoms. The fraction of sp³-hybridized carbons (Fsp3) is 0.278. The van der Waals surface area contributed by atoms with Gasteiger partial charge in [0.25, 0.3) is 0 Å². The smallest absolute Gasteiger partial charge is 0.189 e. The van der Waals surface area contributed by atoms with Crippen LogP contribution in [0.3, 0.4) is 0 Å². The lowest BCUT2D eigenvalue weighted by atomic mass is 10.1. The third kappa shape index (κ3) is 3.48. The summed E-state index contributed by atoms with van der Waals surface area (Å²) in [6.07, 6.45) is 0.628. The Kier molecular flexibility index (Phi) is 4.64. The monoisotopic (exact) mass is 331 g/mol. The van der Waals surface area contributed by atoms with Crippen molar-refractivity contribution in [2.24, 2.45) is 10.7 Å². The van der Waals surface area contributed by atoms with Gasteiger partial charge in [0.1, 0.15) is 17.4 Å². The highest BCUT2D eigenvalue weighted by Gasteiger charge is 2.42. The van der Waals surface area contributed by atoms with E-state index in [0.29, 0.717) is 13.0 Å². The maximum absolute atomic E-state index is 13.8. The van der Waals surface area contributed by atoms with Crippen LogP contribution in [-0.2, 0) is 6.54 Å². The van der Waals surface area contributed by atoms with Gasteiger partial charge >= 0.3 is 0 Å². The average Bonchev–Trinajstić information content (AvgIpc) is 3.31. The van der Waals surface area contributed by atoms with Crippen molar-refractivity contribution < 1.29 is 13.5 Å². The first-order chi connectivity index (χ1) is 11.6. The van der Waals surface area contributed by atoms with E-state index < -0.39 is 11.6 Å². The van der Waals surface area contributed by atoms with Crippen LogP contribution in [0.5, 0.6) is 5.75 Å². The Morgan fingerprint density at radius 1 is 1.21 bits per heavy atom. The number of ether oxygens (including phenoxy) is 1. The first-order valence-corrected chi connectivity index (χ1v) is 7.72. The summed E-state index contributed by atoms with van der Waals surface area (Å²) in [5.74, 6) is -0.259. The van der Waals surface area contributed by atoms with E-state index in [4.69, 9.17) is 10.5 Å². The maximum atomic E-state index is 13.8. The third-order valence-corrected chi connectivity index (χ3v) is 4.11. The topological polar surface area (TPSA) is 59.6 Å². The second-order valence-corrected chi connectivity index (χ2v) is 5.74. The molecule has 0 spiro atoms. The second-order valence-electron chi connectivity index (χ2n) is 5.74. The minimum atomic E-state index is -0.520. The Morgan fingerprint density at radius 2 is 1.92 bits per heavy atom. The molecule has 2 aromatic rings. The van der Waals surface area contributed by atoms with Crippen molar-refractivity contribution in [3.05, 3.63) is 65.2 Å². The number of rotatable bonds is 5. The Hall–Kier alpha value is -2.63. The number of nitrogens with one attached hydrogen (secondary N) is 1. The summed E-state index contributed by atoms with van der Waals surface area (Å²) >= 11 is 0. The minimum Gasteiger partial charge on any atom is -0.496 e. The van der Waals surface area contributed by atoms with Crippen molar-refractivity contribution in [1.82, 2.24) is 5.32 Å². The molecule has 1 saturated carbocycles. The van der Waals surface area contributed by atoms with Crippen LogP contribution < -0.4 is 15.8 Å². The van der Waals surface area contributed by atoms with Crippen molar-refractivity contribution in [1.29, 1.82) is 0 Å². The molecule has 2 unspecified atom stereocenters. The first kappa shape index (κ1) is 16.2. The van der Waals surface area contributed by atoms with Gasteiger partial charge in [0.05, 0.1) is 13.7 Å². The van der Waals surface area contributed by atoms with E-state index in [1.807, 2.05) is 24.3 Å². The van der Waals surface area contributed by atoms with Gasteiger partial charge in [-0.05, 0) is 24.6 Å². The lowest BCUT2D eigenvalue weighted by Crippen LogP contribution is -2.34. The predicted molar refractivity (Wildman–Crippen MR) is 89.0 cm³/mol. The van der Waals surface area contributed by atoms with Crippen LogP contribution in [0.25, 0.3) is 0 Å². The minimum absolute atomic E-state index is 0.0992. The molecule has 1 aliphatic carbocycles. The molecule has 0 amide bonds. The number of para-hydroxylation sites is 1. The third-order valence-electron chi connectivity index (χ3n) is 4.11. The fourth-order valence-electron chi connectivity index (χ4n) is 2.78. The van der Waals surface area contributed by atoms with E-state index in [-0.39, 0.29) is 23.5 Å². The molecular formula is C18H19F2N3O. The molecule has 3 N–H and O–H groups in total. The number of nitrogens with zero attached hydrogens (tertiary/aromatic N) is 1. The van der Waals surface area contributed by atoms with E-state index in [1.165, 1.54) is 18.2 Å². The van der Waals surface area contributed by atoms with E-state index in [0.717, 1.165) is 11.3 Å². The maximum Gasteiger partial charge on any atom is 0.189 e. The van der Waals surface area contributed by atoms with Crippen LogP contribution in [0.2, 0.25) is 0 Å². The second kappa shape index (κ2) is 6.86. The van der Waals surface area contributed by atoms with Crippen LogP contribution in [0.4, 0.5) is 8.78 Å². The Morgan fingerprint density at radius 3 is 2.62 bits per heavy atom. The average molecular weight is 331 g/mol. The summed E-state index contributed by atoms with van der Waals surface area (Å²) in [6.45, 7) is 0.369. The largest absolute Gasteiger partial charge is 0.496 e. The lowest BCUT2D eigenvalue weighted by molar-refractivity contribution is 0.410. The van der Waals surface area contributed by atoms with Gasteiger partial charge in [0.2, 0.25) is 0 Å². The number of halogens is 2. The summed E-state index contributed by atoms with van der Waals surface area (Å²) in [6, 6.07) is 11.3. The van der Waals surface area contributed by atoms with E-state index in [2.05, 4.69) is 10.3 Å². The number of benzene rings is 2. The zero-order valence-corrected chi connectivity index (χ0v) is 13.3. The van der Waals surface area contributed by atoms with E-state index in [9.17, 15) is 8.78 Å². The number of methoxy groups -OCH3 is 1. The molecule has 3 rings (SSSR count). The molecule has 6 heteroatoms. The van der Waals surface area contributed by atoms with Crippen molar-refractivity contribution in [3.63, 3.8) is 0 Å². The number of hydrogen-bond acceptors (Lipinski definition) is 2. The van der Waals surface area contributed by atoms with Crippen LogP contribution in [0.1, 0.15) is 23.5 Å². The van der Waals surface area contributed by atoms with E-state index >= 15 is 0 Å². The van der Waals surface area contributed by atoms with Crippen molar-refractivity contribution in [2.45, 2.75) is 24.9 Å². The Balaban J connectivity index is 1.61. The van der Waals surface area contributed by atoms with Gasteiger partial charge in [-0.25, -0.2) is 13.8 Å². The van der Waals surface area contributed by atoms with Gasteiger partial charge < -0.3 is 15.8 Å². The van der Waals surface area contributed by atoms with Crippen LogP contribution in [0, 0.1) is 11.6 Å². The highest BCUT2D eigenvalue weighted by atomic mass is 19.1. The Bertz CT molecular complexity index is 743. The molecule has 2 atom stereocenters. The van der Waals surface area contributed by atoms with Crippen LogP contribution >= 0.6 is 0 Å². The molecular weight excluding hydrogens is 312 g/mol. The summed E-state index contributed by atoms with van der Waals surface area (Å²) < 4.78 is 32.8. The Labute approximate surface area is 139 Å². The van der Waals surface area contributed by atoms with Gasteiger partial charge in [0, 0.05) is 23.1 Å². The molecule has 1 aliphatic rings. The number of hydrogen-bond donors (Lipinski definition) is 2. The zero-order chi connectivity index (χ0) is 17.1. The van der Waals surface area contributed by atoms with Crippen molar-refractivity contribution >= 4 is 5.96 Å². The van der Waals surface area contributed by atoms with Gasteiger partial charge in [-0.15, -0.1) is 0 Å². The van der Waals surface area contributed by atoms with Gasteiger partial charge in [-0.1, -0.05) is 24.3 Å². The molecule has 0 radical (unpaired) electrons. The molecule has 0 bridgehead atoms. The molecule has 4 nitrogen and oxygen atoms in total. The molecule has 0 heterocycles. The van der Waals surface area contributed by atoms with Crippen LogP contribution in [0.15, 0.2) is 47.5 Å². The zero-order valence-electron chi connectivity index (χ0n) is 13.3. The number of guanidine groups is 1. The summed E-state index contributed by atoms with van der Waals surface area (Å²) in [5, 5.41) is 3.02. The summed E-state index contributed by atoms with van der Waals surface area (Å²) in [7, 11) is 1.60. The normalized spacial score (nSPS) is 19.9. The fourth-order valence-corrected chi connectivity index (χ4v) is 2.78. The lowest BCUT2D eigenvalue weighted by Gasteiger charge is -2.08. The van der Waals surface area contributed by atoms with E-state index in [1.54, 1.807) is 7.11 Å². The predicted octanol–water partition coefficient (Wildman–Crippen LogP) is 2.93. The number of nitrogens with two attached hydrogens (primary N) is 1. The SMILES string of the molecule is COc1ccccc1CN=C(N)NC1CC1c1c(F)cccc1F. The summed E-state index contributed by atoms with van der Waals surface area (Å²) in [4.78, 5) is 4.27. The van der Waals surface area contributed by atoms with Gasteiger partial charge in [-0.2, -0.15) is 0 Å². The first-order valence-electron chi connectivity index (χ1n) is 7.72. The highest BCUT2D eigenvalue weighted by molar-refractivity contribution is 5.78. The number of aliphatic imine (C=N–C) groups is 1. The molecule has 0 aliphatic heterocycles. The standard InChI is InChI=1S/C18H19F2N3O/c1-24-16-8-3-2-5-11(16)10-22-18(21)23-15-9-12(15)17-13(19)6-4-7-14(17)20/h2-8,12,15H,9-10H2,1H3,(H3,21,22,23).